The molecule has 1 aromatic rings. The van der Waals surface area contributed by atoms with Crippen LogP contribution in [0.5, 0.6) is 0 Å². The van der Waals surface area contributed by atoms with Crippen molar-refractivity contribution in [3.63, 3.8) is 0 Å². The van der Waals surface area contributed by atoms with Gasteiger partial charge in [0.15, 0.2) is 0 Å². The zero-order valence-electron chi connectivity index (χ0n) is 14.9. The van der Waals surface area contributed by atoms with Crippen molar-refractivity contribution in [2.24, 2.45) is 17.5 Å². The molecule has 2 amide bonds. The number of nitrogens with two attached hydrogens (primary N) is 2. The fourth-order valence-electron chi connectivity index (χ4n) is 3.14. The van der Waals surface area contributed by atoms with E-state index < -0.39 is 12.1 Å². The molecule has 7 nitrogen and oxygen atoms in total. The van der Waals surface area contributed by atoms with Gasteiger partial charge in [-0.3, -0.25) is 9.59 Å². The summed E-state index contributed by atoms with van der Waals surface area (Å²) in [5.41, 5.74) is 6.60. The lowest BCUT2D eigenvalue weighted by atomic mass is 10.0. The second-order valence-electron chi connectivity index (χ2n) is 6.50. The summed E-state index contributed by atoms with van der Waals surface area (Å²) in [6, 6.07) is 2.80. The fourth-order valence-corrected chi connectivity index (χ4v) is 3.79. The zero-order chi connectivity index (χ0) is 18.6. The number of hydrogen-bond acceptors (Lipinski definition) is 6. The van der Waals surface area contributed by atoms with Crippen LogP contribution in [0.25, 0.3) is 5.70 Å². The van der Waals surface area contributed by atoms with Gasteiger partial charge >= 0.3 is 0 Å². The number of rotatable bonds is 6. The van der Waals surface area contributed by atoms with Crippen molar-refractivity contribution < 1.29 is 9.59 Å². The van der Waals surface area contributed by atoms with Crippen molar-refractivity contribution in [1.29, 1.82) is 0 Å². The van der Waals surface area contributed by atoms with E-state index in [0.29, 0.717) is 18.7 Å². The minimum Gasteiger partial charge on any atom is -0.396 e. The highest BCUT2D eigenvalue weighted by Crippen LogP contribution is 2.23. The van der Waals surface area contributed by atoms with Crippen molar-refractivity contribution in [2.45, 2.75) is 38.8 Å². The molecule has 0 saturated carbocycles. The largest absolute Gasteiger partial charge is 0.396 e. The summed E-state index contributed by atoms with van der Waals surface area (Å²) in [6.45, 7) is 4.43. The molecule has 1 fully saturated rings. The number of carbonyl (C=O) groups is 2. The molecule has 1 aromatic heterocycles. The van der Waals surface area contributed by atoms with Gasteiger partial charge in [0, 0.05) is 19.8 Å². The monoisotopic (exact) mass is 365 g/mol. The summed E-state index contributed by atoms with van der Waals surface area (Å²) in [4.78, 5) is 27.7. The van der Waals surface area contributed by atoms with Crippen LogP contribution in [0.2, 0.25) is 0 Å². The number of carbonyl (C=O) groups excluding carboxylic acids is 2. The van der Waals surface area contributed by atoms with Gasteiger partial charge in [0.1, 0.15) is 12.1 Å². The average molecular weight is 366 g/mol. The number of likely N-dealkylation sites (tertiary alicyclic amines) is 1. The van der Waals surface area contributed by atoms with Crippen LogP contribution in [-0.4, -0.2) is 47.4 Å². The summed E-state index contributed by atoms with van der Waals surface area (Å²) in [6.07, 6.45) is 3.08. The first kappa shape index (κ1) is 19.3. The van der Waals surface area contributed by atoms with Gasteiger partial charge in [-0.25, -0.2) is 5.84 Å². The van der Waals surface area contributed by atoms with Gasteiger partial charge in [-0.2, -0.15) is 0 Å². The molecule has 25 heavy (non-hydrogen) atoms. The molecular weight excluding hydrogens is 338 g/mol. The van der Waals surface area contributed by atoms with Crippen LogP contribution >= 0.6 is 11.3 Å². The molecule has 0 radical (unpaired) electrons. The van der Waals surface area contributed by atoms with Crippen molar-refractivity contribution in [3.8, 4) is 0 Å². The van der Waals surface area contributed by atoms with Crippen LogP contribution in [0, 0.1) is 5.92 Å². The number of hydrazine groups is 1. The summed E-state index contributed by atoms with van der Waals surface area (Å²) < 4.78 is 0. The molecule has 8 heteroatoms. The number of amides is 2. The Morgan fingerprint density at radius 1 is 1.48 bits per heavy atom. The third-order valence-corrected chi connectivity index (χ3v) is 5.30. The molecule has 2 heterocycles. The predicted octanol–water partition coefficient (Wildman–Crippen LogP) is 0.943. The van der Waals surface area contributed by atoms with Crippen molar-refractivity contribution in [2.75, 3.05) is 13.6 Å². The van der Waals surface area contributed by atoms with E-state index in [0.717, 1.165) is 11.3 Å². The highest BCUT2D eigenvalue weighted by molar-refractivity contribution is 7.11. The molecule has 2 unspecified atom stereocenters. The summed E-state index contributed by atoms with van der Waals surface area (Å²) in [7, 11) is 1.59. The van der Waals surface area contributed by atoms with Crippen molar-refractivity contribution in [3.05, 3.63) is 28.6 Å². The first-order chi connectivity index (χ1) is 11.9. The van der Waals surface area contributed by atoms with Gasteiger partial charge in [-0.15, -0.1) is 11.3 Å². The normalized spacial score (nSPS) is 19.2. The van der Waals surface area contributed by atoms with Gasteiger partial charge in [0.25, 0.3) is 0 Å². The summed E-state index contributed by atoms with van der Waals surface area (Å²) in [5, 5.41) is 5.94. The predicted molar refractivity (Wildman–Crippen MR) is 99.9 cm³/mol. The molecule has 0 spiro atoms. The maximum Gasteiger partial charge on any atom is 0.247 e. The second kappa shape index (κ2) is 8.35. The topological polar surface area (TPSA) is 105 Å². The number of thiophene rings is 1. The summed E-state index contributed by atoms with van der Waals surface area (Å²) >= 11 is 1.51. The van der Waals surface area contributed by atoms with Crippen LogP contribution in [0.1, 0.15) is 31.6 Å². The van der Waals surface area contributed by atoms with Gasteiger partial charge in [0.2, 0.25) is 11.8 Å². The first-order valence-corrected chi connectivity index (χ1v) is 9.31. The smallest absolute Gasteiger partial charge is 0.247 e. The Morgan fingerprint density at radius 2 is 2.20 bits per heavy atom. The second-order valence-corrected chi connectivity index (χ2v) is 7.45. The van der Waals surface area contributed by atoms with E-state index in [9.17, 15) is 9.59 Å². The van der Waals surface area contributed by atoms with Crippen LogP contribution < -0.4 is 16.9 Å². The molecule has 0 bridgehead atoms. The Balaban J connectivity index is 2.20. The lowest BCUT2D eigenvalue weighted by Gasteiger charge is -2.34. The Bertz CT molecular complexity index is 629. The lowest BCUT2D eigenvalue weighted by molar-refractivity contribution is -0.143. The van der Waals surface area contributed by atoms with E-state index in [1.165, 1.54) is 16.3 Å². The Morgan fingerprint density at radius 3 is 2.76 bits per heavy atom. The average Bonchev–Trinajstić information content (AvgIpc) is 3.24. The van der Waals surface area contributed by atoms with Crippen LogP contribution in [0.4, 0.5) is 0 Å². The third kappa shape index (κ3) is 4.32. The maximum atomic E-state index is 13.1. The van der Waals surface area contributed by atoms with E-state index in [2.05, 4.69) is 5.32 Å². The number of hydrogen-bond donors (Lipinski definition) is 3. The molecule has 138 valence electrons. The molecule has 1 aliphatic heterocycles. The lowest BCUT2D eigenvalue weighted by Crippen LogP contribution is -2.55. The molecule has 5 N–H and O–H groups in total. The Hall–Kier alpha value is -2.06. The molecular formula is C17H27N5O2S. The van der Waals surface area contributed by atoms with E-state index in [4.69, 9.17) is 11.6 Å². The maximum absolute atomic E-state index is 13.1. The fraction of sp³-hybridized carbons (Fsp3) is 0.529. The quantitative estimate of drug-likeness (QED) is 0.514. The third-order valence-electron chi connectivity index (χ3n) is 4.38. The van der Waals surface area contributed by atoms with Crippen molar-refractivity contribution >= 4 is 28.8 Å². The highest BCUT2D eigenvalue weighted by Gasteiger charge is 2.39. The number of nitrogens with one attached hydrogen (secondary N) is 1. The number of likely N-dealkylation sites (N-methyl/N-ethyl adjacent to an activating group) is 1. The van der Waals surface area contributed by atoms with Crippen LogP contribution in [0.15, 0.2) is 23.7 Å². The highest BCUT2D eigenvalue weighted by atomic mass is 32.1. The SMILES string of the molecule is CNC(=O)C1CCCN1C(=O)C(C(C)C)N(N)/C=C(\N)c1cccs1. The van der Waals surface area contributed by atoms with Gasteiger partial charge in [-0.1, -0.05) is 19.9 Å². The van der Waals surface area contributed by atoms with Gasteiger partial charge < -0.3 is 21.0 Å². The number of nitrogens with zero attached hydrogens (tertiary/aromatic N) is 2. The molecule has 2 atom stereocenters. The molecule has 1 saturated heterocycles. The minimum atomic E-state index is -0.580. The van der Waals surface area contributed by atoms with E-state index in [1.54, 1.807) is 18.1 Å². The first-order valence-electron chi connectivity index (χ1n) is 8.43. The Labute approximate surface area is 152 Å². The van der Waals surface area contributed by atoms with Gasteiger partial charge in [-0.05, 0) is 30.2 Å². The summed E-state index contributed by atoms with van der Waals surface area (Å²) in [5.74, 6) is 5.88. The standard InChI is InChI=1S/C17H27N5O2S/c1-11(2)15(22(19)10-12(18)14-7-5-9-25-14)17(24)21-8-4-6-13(21)16(23)20-3/h5,7,9-11,13,15H,4,6,8,18-19H2,1-3H3,(H,20,23)/b12-10-. The molecule has 2 rings (SSSR count). The minimum absolute atomic E-state index is 0.0316. The molecule has 0 aromatic carbocycles. The van der Waals surface area contributed by atoms with Crippen LogP contribution in [0.3, 0.4) is 0 Å². The molecule has 0 aliphatic carbocycles. The van der Waals surface area contributed by atoms with Crippen molar-refractivity contribution in [1.82, 2.24) is 15.2 Å². The van der Waals surface area contributed by atoms with Crippen LogP contribution in [-0.2, 0) is 9.59 Å². The Kier molecular flexibility index (Phi) is 6.44. The van der Waals surface area contributed by atoms with E-state index in [-0.39, 0.29) is 17.7 Å². The zero-order valence-corrected chi connectivity index (χ0v) is 15.8. The van der Waals surface area contributed by atoms with E-state index in [1.807, 2.05) is 31.4 Å². The molecule has 1 aliphatic rings. The van der Waals surface area contributed by atoms with E-state index >= 15 is 0 Å². The van der Waals surface area contributed by atoms with Gasteiger partial charge in [0.05, 0.1) is 10.6 Å².